The van der Waals surface area contributed by atoms with Crippen LogP contribution < -0.4 is 0 Å². The van der Waals surface area contributed by atoms with Crippen LogP contribution in [0, 0.1) is 23.7 Å². The summed E-state index contributed by atoms with van der Waals surface area (Å²) in [7, 11) is 0. The monoisotopic (exact) mass is 581 g/mol. The summed E-state index contributed by atoms with van der Waals surface area (Å²) >= 11 is 0. The van der Waals surface area contributed by atoms with Gasteiger partial charge in [0.2, 0.25) is 0 Å². The molecule has 0 aliphatic carbocycles. The molecule has 0 aromatic rings. The molecule has 0 saturated carbocycles. The topological polar surface area (TPSA) is 74.6 Å². The first kappa shape index (κ1) is 39.9. The number of aliphatic carboxylic acids is 2. The second-order valence-corrected chi connectivity index (χ2v) is 14.0. The van der Waals surface area contributed by atoms with Gasteiger partial charge < -0.3 is 10.2 Å². The summed E-state index contributed by atoms with van der Waals surface area (Å²) in [5.41, 5.74) is 0. The van der Waals surface area contributed by atoms with Gasteiger partial charge in [-0.1, -0.05) is 182 Å². The minimum atomic E-state index is -0.815. The average Bonchev–Trinajstić information content (AvgIpc) is 2.91. The van der Waals surface area contributed by atoms with Crippen LogP contribution in [0.4, 0.5) is 0 Å². The summed E-state index contributed by atoms with van der Waals surface area (Å²) in [6, 6.07) is 0. The molecule has 2 N–H and O–H groups in total. The third kappa shape index (κ3) is 28.8. The summed E-state index contributed by atoms with van der Waals surface area (Å²) in [5.74, 6) is -1.00. The van der Waals surface area contributed by atoms with E-state index in [4.69, 9.17) is 0 Å². The molecule has 0 aromatic carbocycles. The van der Waals surface area contributed by atoms with Crippen LogP contribution in [0.15, 0.2) is 0 Å². The molecule has 244 valence electrons. The molecular weight excluding hydrogens is 508 g/mol. The minimum absolute atomic E-state index is 0.291. The zero-order valence-electron chi connectivity index (χ0n) is 28.1. The third-order valence-corrected chi connectivity index (χ3v) is 8.94. The van der Waals surface area contributed by atoms with E-state index in [1.165, 1.54) is 128 Å². The van der Waals surface area contributed by atoms with Crippen molar-refractivity contribution in [2.24, 2.45) is 23.7 Å². The van der Waals surface area contributed by atoms with Crippen LogP contribution in [0.3, 0.4) is 0 Å². The van der Waals surface area contributed by atoms with Crippen LogP contribution in [-0.2, 0) is 9.59 Å². The Hall–Kier alpha value is -1.06. The molecule has 41 heavy (non-hydrogen) atoms. The Bertz CT molecular complexity index is 535. The lowest BCUT2D eigenvalue weighted by Gasteiger charge is -2.18. The number of rotatable bonds is 32. The first-order valence-electron chi connectivity index (χ1n) is 18.2. The second-order valence-electron chi connectivity index (χ2n) is 14.0. The van der Waals surface area contributed by atoms with Crippen LogP contribution in [0.2, 0.25) is 0 Å². The van der Waals surface area contributed by atoms with Crippen molar-refractivity contribution in [3.63, 3.8) is 0 Å². The highest BCUT2D eigenvalue weighted by molar-refractivity contribution is 5.73. The van der Waals surface area contributed by atoms with E-state index >= 15 is 0 Å². The maximum absolute atomic E-state index is 11.8. The van der Waals surface area contributed by atoms with Gasteiger partial charge in [-0.3, -0.25) is 9.59 Å². The molecule has 4 nitrogen and oxygen atoms in total. The second kappa shape index (κ2) is 29.0. The van der Waals surface area contributed by atoms with Gasteiger partial charge in [-0.15, -0.1) is 0 Å². The SMILES string of the molecule is CC(C)CCCCCCCCCCCCCC(CC(CCCCCCCCCCCCCC(C)C)C(=O)O)C(=O)O. The van der Waals surface area contributed by atoms with E-state index in [2.05, 4.69) is 27.7 Å². The van der Waals surface area contributed by atoms with Crippen LogP contribution in [-0.4, -0.2) is 22.2 Å². The van der Waals surface area contributed by atoms with Crippen LogP contribution in [0.1, 0.15) is 201 Å². The Balaban J connectivity index is 3.81. The zero-order valence-corrected chi connectivity index (χ0v) is 28.1. The molecule has 2 unspecified atom stereocenters. The Morgan fingerprint density at radius 2 is 0.561 bits per heavy atom. The summed E-state index contributed by atoms with van der Waals surface area (Å²) < 4.78 is 0. The number of carboxylic acid groups (broad SMARTS) is 2. The molecule has 4 heteroatoms. The van der Waals surface area contributed by atoms with E-state index in [1.54, 1.807) is 0 Å². The van der Waals surface area contributed by atoms with Gasteiger partial charge >= 0.3 is 11.9 Å². The van der Waals surface area contributed by atoms with Crippen molar-refractivity contribution in [2.45, 2.75) is 201 Å². The standard InChI is InChI=1S/C37H72O4/c1-32(2)27-23-19-15-11-7-5-9-13-17-21-25-29-34(36(38)39)31-35(37(40)41)30-26-22-18-14-10-6-8-12-16-20-24-28-33(3)4/h32-35H,5-31H2,1-4H3,(H,38,39)(H,40,41). The van der Waals surface area contributed by atoms with Gasteiger partial charge in [0, 0.05) is 0 Å². The van der Waals surface area contributed by atoms with E-state index < -0.39 is 23.8 Å². The minimum Gasteiger partial charge on any atom is -0.481 e. The lowest BCUT2D eigenvalue weighted by atomic mass is 9.87. The smallest absolute Gasteiger partial charge is 0.306 e. The van der Waals surface area contributed by atoms with Crippen molar-refractivity contribution in [1.82, 2.24) is 0 Å². The summed E-state index contributed by atoms with van der Waals surface area (Å²) in [6.45, 7) is 9.21. The Morgan fingerprint density at radius 3 is 0.756 bits per heavy atom. The number of carboxylic acids is 2. The van der Waals surface area contributed by atoms with Gasteiger partial charge in [-0.2, -0.15) is 0 Å². The van der Waals surface area contributed by atoms with Crippen LogP contribution in [0.5, 0.6) is 0 Å². The highest BCUT2D eigenvalue weighted by atomic mass is 16.4. The van der Waals surface area contributed by atoms with E-state index in [-0.39, 0.29) is 0 Å². The summed E-state index contributed by atoms with van der Waals surface area (Å²) in [5, 5.41) is 19.4. The van der Waals surface area contributed by atoms with Crippen LogP contribution >= 0.6 is 0 Å². The molecule has 0 aliphatic rings. The Kier molecular flexibility index (Phi) is 28.3. The van der Waals surface area contributed by atoms with Crippen molar-refractivity contribution >= 4 is 11.9 Å². The van der Waals surface area contributed by atoms with E-state index in [9.17, 15) is 19.8 Å². The van der Waals surface area contributed by atoms with Gasteiger partial charge in [0.25, 0.3) is 0 Å². The molecule has 0 spiro atoms. The predicted octanol–water partition coefficient (Wildman–Crippen LogP) is 12.2. The van der Waals surface area contributed by atoms with E-state index in [0.29, 0.717) is 19.3 Å². The highest BCUT2D eigenvalue weighted by Crippen LogP contribution is 2.25. The highest BCUT2D eigenvalue weighted by Gasteiger charge is 2.26. The van der Waals surface area contributed by atoms with E-state index in [0.717, 1.165) is 37.5 Å². The van der Waals surface area contributed by atoms with Crippen molar-refractivity contribution in [1.29, 1.82) is 0 Å². The molecule has 0 bridgehead atoms. The van der Waals surface area contributed by atoms with Gasteiger partial charge in [-0.25, -0.2) is 0 Å². The van der Waals surface area contributed by atoms with Crippen molar-refractivity contribution in [3.8, 4) is 0 Å². The maximum Gasteiger partial charge on any atom is 0.306 e. The van der Waals surface area contributed by atoms with Crippen molar-refractivity contribution in [2.75, 3.05) is 0 Å². The first-order chi connectivity index (χ1) is 19.7. The molecular formula is C37H72O4. The molecule has 0 fully saturated rings. The maximum atomic E-state index is 11.8. The number of carbonyl (C=O) groups is 2. The lowest BCUT2D eigenvalue weighted by molar-refractivity contribution is -0.146. The fraction of sp³-hybridized carbons (Fsp3) is 0.946. The van der Waals surface area contributed by atoms with Gasteiger partial charge in [0.05, 0.1) is 11.8 Å². The zero-order chi connectivity index (χ0) is 30.6. The molecule has 0 saturated heterocycles. The summed E-state index contributed by atoms with van der Waals surface area (Å²) in [6.07, 6.45) is 31.9. The number of hydrogen-bond donors (Lipinski definition) is 2. The number of hydrogen-bond acceptors (Lipinski definition) is 2. The quantitative estimate of drug-likeness (QED) is 0.0776. The third-order valence-electron chi connectivity index (χ3n) is 8.94. The Morgan fingerprint density at radius 1 is 0.366 bits per heavy atom. The first-order valence-corrected chi connectivity index (χ1v) is 18.2. The molecule has 0 amide bonds. The molecule has 0 radical (unpaired) electrons. The average molecular weight is 581 g/mol. The normalized spacial score (nSPS) is 13.2. The largest absolute Gasteiger partial charge is 0.481 e. The van der Waals surface area contributed by atoms with Crippen LogP contribution in [0.25, 0.3) is 0 Å². The van der Waals surface area contributed by atoms with E-state index in [1.807, 2.05) is 0 Å². The number of unbranched alkanes of at least 4 members (excludes halogenated alkanes) is 20. The van der Waals surface area contributed by atoms with Crippen molar-refractivity contribution < 1.29 is 19.8 Å². The van der Waals surface area contributed by atoms with Gasteiger partial charge in [0.15, 0.2) is 0 Å². The van der Waals surface area contributed by atoms with Crippen molar-refractivity contribution in [3.05, 3.63) is 0 Å². The fourth-order valence-corrected chi connectivity index (χ4v) is 6.10. The van der Waals surface area contributed by atoms with Gasteiger partial charge in [0.1, 0.15) is 0 Å². The Labute approximate surface area is 256 Å². The summed E-state index contributed by atoms with van der Waals surface area (Å²) in [4.78, 5) is 23.7. The molecule has 2 atom stereocenters. The molecule has 0 aliphatic heterocycles. The molecule has 0 aromatic heterocycles. The fourth-order valence-electron chi connectivity index (χ4n) is 6.10. The van der Waals surface area contributed by atoms with Gasteiger partial charge in [-0.05, 0) is 31.1 Å². The molecule has 0 rings (SSSR count). The lowest BCUT2D eigenvalue weighted by Crippen LogP contribution is -2.23. The predicted molar refractivity (Wildman–Crippen MR) is 177 cm³/mol. The molecule has 0 heterocycles.